The molecular formula is C15H17N5O6. The second-order valence-corrected chi connectivity index (χ2v) is 6.04. The van der Waals surface area contributed by atoms with Crippen molar-refractivity contribution in [1.82, 2.24) is 9.80 Å². The zero-order chi connectivity index (χ0) is 18.7. The standard InChI is InChI=1S/C15H17N5O6/c21-14(12-3-1-2-4-13(12)19(22)23)18-7-6-17(15(18)16-20(24)25)9-11-5-8-26-10-11/h1-4,11H,5-10H2. The first-order valence-corrected chi connectivity index (χ1v) is 8.08. The highest BCUT2D eigenvalue weighted by atomic mass is 16.7. The molecule has 2 aliphatic heterocycles. The highest BCUT2D eigenvalue weighted by Gasteiger charge is 2.38. The fourth-order valence-corrected chi connectivity index (χ4v) is 3.15. The number of nitro groups is 2. The van der Waals surface area contributed by atoms with Gasteiger partial charge in [-0.25, -0.2) is 10.1 Å². The van der Waals surface area contributed by atoms with Crippen LogP contribution in [0.1, 0.15) is 16.8 Å². The fraction of sp³-hybridized carbons (Fsp3) is 0.467. The van der Waals surface area contributed by atoms with Gasteiger partial charge in [-0.1, -0.05) is 12.1 Å². The summed E-state index contributed by atoms with van der Waals surface area (Å²) in [6.45, 7) is 2.22. The van der Waals surface area contributed by atoms with E-state index in [4.69, 9.17) is 4.74 Å². The van der Waals surface area contributed by atoms with Crippen LogP contribution < -0.4 is 0 Å². The van der Waals surface area contributed by atoms with Gasteiger partial charge in [0, 0.05) is 38.2 Å². The molecule has 0 aromatic heterocycles. The van der Waals surface area contributed by atoms with Gasteiger partial charge in [0.1, 0.15) is 10.7 Å². The number of hydrogen-bond donors (Lipinski definition) is 0. The Balaban J connectivity index is 1.87. The molecule has 2 saturated heterocycles. The quantitative estimate of drug-likeness (QED) is 0.561. The van der Waals surface area contributed by atoms with Gasteiger partial charge in [0.2, 0.25) is 0 Å². The van der Waals surface area contributed by atoms with Crippen molar-refractivity contribution >= 4 is 17.6 Å². The molecule has 1 amide bonds. The first-order valence-electron chi connectivity index (χ1n) is 8.08. The zero-order valence-electron chi connectivity index (χ0n) is 13.8. The van der Waals surface area contributed by atoms with Gasteiger partial charge in [-0.2, -0.15) is 0 Å². The minimum Gasteiger partial charge on any atom is -0.381 e. The van der Waals surface area contributed by atoms with Crippen LogP contribution in [0.3, 0.4) is 0 Å². The van der Waals surface area contributed by atoms with E-state index in [0.717, 1.165) is 11.3 Å². The van der Waals surface area contributed by atoms with E-state index in [1.165, 1.54) is 24.3 Å². The molecule has 0 aliphatic carbocycles. The van der Waals surface area contributed by atoms with Crippen molar-refractivity contribution in [1.29, 1.82) is 0 Å². The molecule has 1 aromatic rings. The Bertz CT molecular complexity index is 761. The van der Waals surface area contributed by atoms with Gasteiger partial charge < -0.3 is 9.64 Å². The van der Waals surface area contributed by atoms with Crippen LogP contribution in [0.25, 0.3) is 0 Å². The number of hydrazone groups is 1. The Morgan fingerprint density at radius 3 is 2.69 bits per heavy atom. The van der Waals surface area contributed by atoms with Crippen LogP contribution in [-0.2, 0) is 4.74 Å². The average Bonchev–Trinajstić information content (AvgIpc) is 3.25. The van der Waals surface area contributed by atoms with Crippen LogP contribution in [0.2, 0.25) is 0 Å². The second kappa shape index (κ2) is 7.44. The lowest BCUT2D eigenvalue weighted by Gasteiger charge is -2.21. The molecular weight excluding hydrogens is 346 g/mol. The molecule has 3 rings (SSSR count). The second-order valence-electron chi connectivity index (χ2n) is 6.04. The minimum atomic E-state index is -0.863. The fourth-order valence-electron chi connectivity index (χ4n) is 3.15. The van der Waals surface area contributed by atoms with Crippen LogP contribution in [0, 0.1) is 26.1 Å². The number of benzene rings is 1. The van der Waals surface area contributed by atoms with Crippen LogP contribution in [0.4, 0.5) is 5.69 Å². The molecule has 0 bridgehead atoms. The Morgan fingerprint density at radius 2 is 2.04 bits per heavy atom. The third-order valence-corrected chi connectivity index (χ3v) is 4.37. The maximum atomic E-state index is 12.8. The number of para-hydroxylation sites is 1. The molecule has 11 nitrogen and oxygen atoms in total. The molecule has 1 unspecified atom stereocenters. The maximum Gasteiger partial charge on any atom is 0.282 e. The average molecular weight is 363 g/mol. The van der Waals surface area contributed by atoms with E-state index in [2.05, 4.69) is 5.10 Å². The van der Waals surface area contributed by atoms with Crippen LogP contribution >= 0.6 is 0 Å². The van der Waals surface area contributed by atoms with Crippen LogP contribution in [0.15, 0.2) is 29.4 Å². The van der Waals surface area contributed by atoms with Crippen molar-refractivity contribution in [3.63, 3.8) is 0 Å². The number of carbonyl (C=O) groups excluding carboxylic acids is 1. The molecule has 26 heavy (non-hydrogen) atoms. The highest BCUT2D eigenvalue weighted by molar-refractivity contribution is 6.08. The van der Waals surface area contributed by atoms with E-state index in [-0.39, 0.29) is 29.7 Å². The molecule has 138 valence electrons. The topological polar surface area (TPSA) is 131 Å². The predicted octanol–water partition coefficient (Wildman–Crippen LogP) is 0.937. The molecule has 0 N–H and O–H groups in total. The molecule has 1 aromatic carbocycles. The van der Waals surface area contributed by atoms with Gasteiger partial charge in [0.25, 0.3) is 17.6 Å². The van der Waals surface area contributed by atoms with Gasteiger partial charge in [-0.15, -0.1) is 0 Å². The van der Waals surface area contributed by atoms with Crippen molar-refractivity contribution in [2.24, 2.45) is 11.0 Å². The Morgan fingerprint density at radius 1 is 1.27 bits per heavy atom. The molecule has 0 saturated carbocycles. The molecule has 1 atom stereocenters. The number of guanidine groups is 1. The van der Waals surface area contributed by atoms with Gasteiger partial charge >= 0.3 is 0 Å². The van der Waals surface area contributed by atoms with Crippen molar-refractivity contribution in [2.75, 3.05) is 32.8 Å². The van der Waals surface area contributed by atoms with Crippen molar-refractivity contribution in [3.05, 3.63) is 50.1 Å². The van der Waals surface area contributed by atoms with Gasteiger partial charge in [-0.05, 0) is 12.5 Å². The number of ether oxygens (including phenoxy) is 1. The summed E-state index contributed by atoms with van der Waals surface area (Å²) in [5.74, 6) is -0.568. The van der Waals surface area contributed by atoms with Gasteiger partial charge in [0.05, 0.1) is 11.5 Å². The van der Waals surface area contributed by atoms with E-state index in [0.29, 0.717) is 26.3 Å². The molecule has 0 spiro atoms. The monoisotopic (exact) mass is 363 g/mol. The molecule has 2 fully saturated rings. The number of nitro benzene ring substituents is 1. The summed E-state index contributed by atoms with van der Waals surface area (Å²) in [7, 11) is 0. The van der Waals surface area contributed by atoms with Crippen molar-refractivity contribution < 1.29 is 19.5 Å². The normalized spacial score (nSPS) is 21.4. The Hall–Kier alpha value is -3.08. The number of amides is 1. The number of hydrogen-bond acceptors (Lipinski definition) is 6. The lowest BCUT2D eigenvalue weighted by Crippen LogP contribution is -2.40. The van der Waals surface area contributed by atoms with E-state index >= 15 is 0 Å². The number of carbonyl (C=O) groups is 1. The summed E-state index contributed by atoms with van der Waals surface area (Å²) < 4.78 is 5.31. The number of nitrogens with zero attached hydrogens (tertiary/aromatic N) is 5. The van der Waals surface area contributed by atoms with E-state index in [1.54, 1.807) is 4.90 Å². The van der Waals surface area contributed by atoms with E-state index in [1.807, 2.05) is 0 Å². The first-order chi connectivity index (χ1) is 12.5. The molecule has 0 radical (unpaired) electrons. The molecule has 2 aliphatic rings. The predicted molar refractivity (Wildman–Crippen MR) is 89.1 cm³/mol. The van der Waals surface area contributed by atoms with E-state index in [9.17, 15) is 25.0 Å². The lowest BCUT2D eigenvalue weighted by atomic mass is 10.1. The summed E-state index contributed by atoms with van der Waals surface area (Å²) in [6, 6.07) is 5.52. The van der Waals surface area contributed by atoms with Gasteiger partial charge in [0.15, 0.2) is 5.03 Å². The Labute approximate surface area is 148 Å². The van der Waals surface area contributed by atoms with Crippen LogP contribution in [0.5, 0.6) is 0 Å². The van der Waals surface area contributed by atoms with Crippen molar-refractivity contribution in [2.45, 2.75) is 6.42 Å². The molecule has 11 heteroatoms. The Kier molecular flexibility index (Phi) is 5.07. The smallest absolute Gasteiger partial charge is 0.282 e. The largest absolute Gasteiger partial charge is 0.381 e. The van der Waals surface area contributed by atoms with Crippen LogP contribution in [-0.4, -0.2) is 64.5 Å². The zero-order valence-corrected chi connectivity index (χ0v) is 13.8. The summed E-state index contributed by atoms with van der Waals surface area (Å²) >= 11 is 0. The lowest BCUT2D eigenvalue weighted by molar-refractivity contribution is -0.486. The van der Waals surface area contributed by atoms with Gasteiger partial charge in [-0.3, -0.25) is 19.8 Å². The highest BCUT2D eigenvalue weighted by Crippen LogP contribution is 2.23. The third kappa shape index (κ3) is 3.61. The SMILES string of the molecule is O=C(c1ccccc1[N+](=O)[O-])N1CCN(CC2CCOC2)C1=N[N+](=O)[O-]. The summed E-state index contributed by atoms with van der Waals surface area (Å²) in [5, 5.41) is 24.6. The summed E-state index contributed by atoms with van der Waals surface area (Å²) in [6.07, 6.45) is 0.834. The first kappa shape index (κ1) is 17.7. The summed E-state index contributed by atoms with van der Waals surface area (Å²) in [5.41, 5.74) is -0.472. The summed E-state index contributed by atoms with van der Waals surface area (Å²) in [4.78, 5) is 37.1. The maximum absolute atomic E-state index is 12.8. The van der Waals surface area contributed by atoms with Crippen molar-refractivity contribution in [3.8, 4) is 0 Å². The third-order valence-electron chi connectivity index (χ3n) is 4.37. The van der Waals surface area contributed by atoms with E-state index < -0.39 is 15.9 Å². The number of rotatable bonds is 5. The molecule has 2 heterocycles. The minimum absolute atomic E-state index is 0.0925.